The van der Waals surface area contributed by atoms with Crippen LogP contribution in [-0.4, -0.2) is 5.33 Å². The summed E-state index contributed by atoms with van der Waals surface area (Å²) < 4.78 is 1.23. The molecule has 0 saturated carbocycles. The lowest BCUT2D eigenvalue weighted by atomic mass is 10.2. The van der Waals surface area contributed by atoms with Gasteiger partial charge in [-0.25, -0.2) is 0 Å². The summed E-state index contributed by atoms with van der Waals surface area (Å²) in [5, 5.41) is 0.997. The topological polar surface area (TPSA) is 0 Å². The first kappa shape index (κ1) is 10.0. The summed E-state index contributed by atoms with van der Waals surface area (Å²) in [6, 6.07) is 10.3. The Hall–Kier alpha value is -0.0800. The number of hydrogen-bond donors (Lipinski definition) is 0. The molecule has 0 unspecified atom stereocenters. The van der Waals surface area contributed by atoms with Gasteiger partial charge in [0.1, 0.15) is 0 Å². The van der Waals surface area contributed by atoms with Crippen molar-refractivity contribution in [3.63, 3.8) is 0 Å². The highest BCUT2D eigenvalue weighted by atomic mass is 79.9. The second-order valence-corrected chi connectivity index (χ2v) is 4.25. The van der Waals surface area contributed by atoms with E-state index in [0.717, 1.165) is 11.8 Å². The minimum absolute atomic E-state index is 0.997. The van der Waals surface area contributed by atoms with Crippen LogP contribution in [0.25, 0.3) is 6.08 Å². The molecule has 0 aliphatic carbocycles. The fourth-order valence-electron chi connectivity index (χ4n) is 0.893. The highest BCUT2D eigenvalue weighted by Crippen LogP contribution is 2.16. The first-order valence-electron chi connectivity index (χ1n) is 3.80. The molecule has 0 aliphatic rings. The van der Waals surface area contributed by atoms with Crippen LogP contribution >= 0.6 is 31.9 Å². The van der Waals surface area contributed by atoms with Crippen LogP contribution in [0.15, 0.2) is 34.8 Å². The third kappa shape index (κ3) is 3.55. The van der Waals surface area contributed by atoms with Gasteiger partial charge < -0.3 is 0 Å². The summed E-state index contributed by atoms with van der Waals surface area (Å²) in [7, 11) is 0. The molecule has 0 nitrogen and oxygen atoms in total. The van der Waals surface area contributed by atoms with Gasteiger partial charge in [0, 0.05) is 5.33 Å². The average Bonchev–Trinajstić information content (AvgIpc) is 2.06. The van der Waals surface area contributed by atoms with Gasteiger partial charge in [0.2, 0.25) is 0 Å². The lowest BCUT2D eigenvalue weighted by molar-refractivity contribution is 1.25. The highest BCUT2D eigenvalue weighted by molar-refractivity contribution is 9.12. The molecule has 2 heteroatoms. The van der Waals surface area contributed by atoms with E-state index in [1.165, 1.54) is 10.0 Å². The van der Waals surface area contributed by atoms with Crippen LogP contribution in [0.5, 0.6) is 0 Å². The van der Waals surface area contributed by atoms with Gasteiger partial charge in [0.05, 0.1) is 0 Å². The van der Waals surface area contributed by atoms with Crippen molar-refractivity contribution in [3.8, 4) is 0 Å². The van der Waals surface area contributed by atoms with E-state index in [2.05, 4.69) is 50.1 Å². The van der Waals surface area contributed by atoms with Gasteiger partial charge in [-0.3, -0.25) is 0 Å². The van der Waals surface area contributed by atoms with Gasteiger partial charge in [-0.1, -0.05) is 62.2 Å². The second kappa shape index (κ2) is 5.55. The van der Waals surface area contributed by atoms with Crippen molar-refractivity contribution < 1.29 is 0 Å². The summed E-state index contributed by atoms with van der Waals surface area (Å²) in [4.78, 5) is 0. The van der Waals surface area contributed by atoms with Crippen LogP contribution in [0.1, 0.15) is 12.0 Å². The molecule has 12 heavy (non-hydrogen) atoms. The Labute approximate surface area is 89.9 Å². The summed E-state index contributed by atoms with van der Waals surface area (Å²) in [6.07, 6.45) is 3.18. The molecule has 0 fully saturated rings. The Morgan fingerprint density at radius 2 is 1.92 bits per heavy atom. The number of benzene rings is 1. The quantitative estimate of drug-likeness (QED) is 0.732. The molecule has 1 aromatic rings. The van der Waals surface area contributed by atoms with Crippen LogP contribution in [0.4, 0.5) is 0 Å². The third-order valence-corrected chi connectivity index (χ3v) is 2.48. The van der Waals surface area contributed by atoms with Crippen LogP contribution < -0.4 is 0 Å². The molecule has 0 radical (unpaired) electrons. The minimum Gasteiger partial charge on any atom is -0.0924 e. The van der Waals surface area contributed by atoms with Crippen molar-refractivity contribution in [2.75, 3.05) is 5.33 Å². The molecule has 0 aromatic heterocycles. The van der Waals surface area contributed by atoms with E-state index in [4.69, 9.17) is 0 Å². The first-order valence-corrected chi connectivity index (χ1v) is 5.71. The van der Waals surface area contributed by atoms with Crippen molar-refractivity contribution >= 4 is 37.9 Å². The van der Waals surface area contributed by atoms with Crippen LogP contribution in [0.3, 0.4) is 0 Å². The zero-order valence-electron chi connectivity index (χ0n) is 6.63. The predicted molar refractivity (Wildman–Crippen MR) is 61.8 cm³/mol. The van der Waals surface area contributed by atoms with E-state index >= 15 is 0 Å². The highest BCUT2D eigenvalue weighted by Gasteiger charge is 1.90. The summed E-state index contributed by atoms with van der Waals surface area (Å²) in [6.45, 7) is 0. The molecular formula is C10H10Br2. The monoisotopic (exact) mass is 288 g/mol. The summed E-state index contributed by atoms with van der Waals surface area (Å²) >= 11 is 6.90. The van der Waals surface area contributed by atoms with Crippen molar-refractivity contribution in [1.29, 1.82) is 0 Å². The number of allylic oxidation sites excluding steroid dienone is 1. The van der Waals surface area contributed by atoms with E-state index in [0.29, 0.717) is 0 Å². The Morgan fingerprint density at radius 1 is 1.25 bits per heavy atom. The number of rotatable bonds is 3. The smallest absolute Gasteiger partial charge is 0.00769 e. The van der Waals surface area contributed by atoms with Gasteiger partial charge in [-0.05, 0) is 22.5 Å². The molecule has 1 rings (SSSR count). The Bertz CT molecular complexity index is 252. The van der Waals surface area contributed by atoms with Gasteiger partial charge in [-0.15, -0.1) is 0 Å². The van der Waals surface area contributed by atoms with Crippen LogP contribution in [0, 0.1) is 0 Å². The lowest BCUT2D eigenvalue weighted by Gasteiger charge is -1.95. The molecule has 0 amide bonds. The van der Waals surface area contributed by atoms with E-state index in [9.17, 15) is 0 Å². The van der Waals surface area contributed by atoms with Crippen molar-refractivity contribution in [2.45, 2.75) is 6.42 Å². The fraction of sp³-hybridized carbons (Fsp3) is 0.200. The normalized spacial score (nSPS) is 11.7. The Balaban J connectivity index is 2.67. The largest absolute Gasteiger partial charge is 0.0924 e. The predicted octanol–water partition coefficient (Wildman–Crippen LogP) is 4.21. The second-order valence-electron chi connectivity index (χ2n) is 2.44. The molecule has 64 valence electrons. The van der Waals surface area contributed by atoms with E-state index < -0.39 is 0 Å². The SMILES string of the molecule is BrCC/C(Br)=C\c1ccccc1. The minimum atomic E-state index is 0.997. The Morgan fingerprint density at radius 3 is 2.50 bits per heavy atom. The molecule has 1 aromatic carbocycles. The number of alkyl halides is 1. The molecule has 0 heterocycles. The zero-order valence-corrected chi connectivity index (χ0v) is 9.81. The van der Waals surface area contributed by atoms with Crippen LogP contribution in [0.2, 0.25) is 0 Å². The Kier molecular flexibility index (Phi) is 4.62. The van der Waals surface area contributed by atoms with Gasteiger partial charge in [-0.2, -0.15) is 0 Å². The number of hydrogen-bond acceptors (Lipinski definition) is 0. The van der Waals surface area contributed by atoms with Gasteiger partial charge >= 0.3 is 0 Å². The van der Waals surface area contributed by atoms with E-state index in [-0.39, 0.29) is 0 Å². The molecule has 0 atom stereocenters. The molecule has 0 bridgehead atoms. The van der Waals surface area contributed by atoms with E-state index in [1.807, 2.05) is 18.2 Å². The van der Waals surface area contributed by atoms with Gasteiger partial charge in [0.15, 0.2) is 0 Å². The summed E-state index contributed by atoms with van der Waals surface area (Å²) in [5.41, 5.74) is 1.24. The zero-order chi connectivity index (χ0) is 8.81. The van der Waals surface area contributed by atoms with Crippen LogP contribution in [-0.2, 0) is 0 Å². The molecule has 0 spiro atoms. The lowest BCUT2D eigenvalue weighted by Crippen LogP contribution is -1.75. The third-order valence-electron chi connectivity index (χ3n) is 1.46. The molecule has 0 saturated heterocycles. The van der Waals surface area contributed by atoms with Gasteiger partial charge in [0.25, 0.3) is 0 Å². The molecule has 0 N–H and O–H groups in total. The maximum atomic E-state index is 3.51. The van der Waals surface area contributed by atoms with Crippen molar-refractivity contribution in [3.05, 3.63) is 40.4 Å². The maximum absolute atomic E-state index is 3.51. The first-order chi connectivity index (χ1) is 5.83. The van der Waals surface area contributed by atoms with Crippen molar-refractivity contribution in [1.82, 2.24) is 0 Å². The van der Waals surface area contributed by atoms with Crippen molar-refractivity contribution in [2.24, 2.45) is 0 Å². The molecule has 0 aliphatic heterocycles. The molecular weight excluding hydrogens is 280 g/mol. The standard InChI is InChI=1S/C10H10Br2/c11-7-6-10(12)8-9-4-2-1-3-5-9/h1-5,8H,6-7H2/b10-8+. The van der Waals surface area contributed by atoms with E-state index in [1.54, 1.807) is 0 Å². The fourth-order valence-corrected chi connectivity index (χ4v) is 2.31. The number of halogens is 2. The maximum Gasteiger partial charge on any atom is 0.00769 e. The average molecular weight is 290 g/mol. The summed E-state index contributed by atoms with van der Waals surface area (Å²) in [5.74, 6) is 0.